The van der Waals surface area contributed by atoms with Gasteiger partial charge in [-0.3, -0.25) is 0 Å². The minimum atomic E-state index is -3.24. The van der Waals surface area contributed by atoms with E-state index in [0.717, 1.165) is 11.3 Å². The van der Waals surface area contributed by atoms with Crippen LogP contribution in [0.2, 0.25) is 0 Å². The van der Waals surface area contributed by atoms with Crippen LogP contribution in [0.4, 0.5) is 0 Å². The summed E-state index contributed by atoms with van der Waals surface area (Å²) in [6, 6.07) is 12.0. The van der Waals surface area contributed by atoms with Crippen LogP contribution in [0.25, 0.3) is 0 Å². The van der Waals surface area contributed by atoms with Crippen molar-refractivity contribution in [1.82, 2.24) is 8.87 Å². The Bertz CT molecular complexity index is 747. The highest BCUT2D eigenvalue weighted by Gasteiger charge is 2.35. The molecule has 0 spiro atoms. The zero-order valence-corrected chi connectivity index (χ0v) is 13.9. The molecule has 0 aliphatic carbocycles. The highest BCUT2D eigenvalue weighted by molar-refractivity contribution is 7.89. The van der Waals surface area contributed by atoms with Crippen LogP contribution in [0, 0.1) is 6.92 Å². The van der Waals surface area contributed by atoms with Crippen molar-refractivity contribution in [1.29, 1.82) is 0 Å². The van der Waals surface area contributed by atoms with Gasteiger partial charge in [-0.05, 0) is 31.0 Å². The number of fused-ring (bicyclic) bond motifs is 1. The first-order chi connectivity index (χ1) is 10.5. The molecule has 22 heavy (non-hydrogen) atoms. The Hall–Kier alpha value is -1.59. The number of aromatic nitrogens is 1. The van der Waals surface area contributed by atoms with E-state index in [1.165, 1.54) is 5.56 Å². The van der Waals surface area contributed by atoms with E-state index < -0.39 is 10.0 Å². The Labute approximate surface area is 132 Å². The summed E-state index contributed by atoms with van der Waals surface area (Å²) < 4.78 is 29.2. The first kappa shape index (κ1) is 15.3. The Kier molecular flexibility index (Phi) is 4.10. The van der Waals surface area contributed by atoms with Gasteiger partial charge in [-0.1, -0.05) is 36.8 Å². The standard InChI is InChI=1S/C17H22N2O2S/c1-3-13-22(20,21)19-12-11-18-10-4-5-16(18)17(19)15-8-6-14(2)7-9-15/h4-10,17H,3,11-13H2,1-2H3. The molecule has 0 amide bonds. The summed E-state index contributed by atoms with van der Waals surface area (Å²) in [5, 5.41) is 0. The third kappa shape index (κ3) is 2.71. The molecular formula is C17H22N2O2S. The van der Waals surface area contributed by atoms with Crippen LogP contribution in [0.5, 0.6) is 0 Å². The Balaban J connectivity index is 2.09. The fourth-order valence-corrected chi connectivity index (χ4v) is 4.78. The molecule has 0 fully saturated rings. The summed E-state index contributed by atoms with van der Waals surface area (Å²) in [6.45, 7) is 5.19. The first-order valence-electron chi connectivity index (χ1n) is 7.74. The maximum Gasteiger partial charge on any atom is 0.215 e. The van der Waals surface area contributed by atoms with Crippen molar-refractivity contribution < 1.29 is 8.42 Å². The van der Waals surface area contributed by atoms with E-state index in [2.05, 4.69) is 4.57 Å². The van der Waals surface area contributed by atoms with Crippen molar-refractivity contribution in [2.45, 2.75) is 32.9 Å². The van der Waals surface area contributed by atoms with E-state index in [1.54, 1.807) is 4.31 Å². The fourth-order valence-electron chi connectivity index (χ4n) is 3.12. The van der Waals surface area contributed by atoms with E-state index in [1.807, 2.05) is 56.4 Å². The van der Waals surface area contributed by atoms with Crippen molar-refractivity contribution in [3.63, 3.8) is 0 Å². The molecule has 0 saturated carbocycles. The molecule has 1 aliphatic heterocycles. The summed E-state index contributed by atoms with van der Waals surface area (Å²) in [5.74, 6) is 0.204. The highest BCUT2D eigenvalue weighted by atomic mass is 32.2. The highest BCUT2D eigenvalue weighted by Crippen LogP contribution is 2.34. The number of aryl methyl sites for hydroxylation is 1. The number of hydrogen-bond acceptors (Lipinski definition) is 2. The average Bonchev–Trinajstić information content (AvgIpc) is 2.95. The minimum absolute atomic E-state index is 0.204. The molecule has 3 rings (SSSR count). The Morgan fingerprint density at radius 2 is 1.86 bits per heavy atom. The SMILES string of the molecule is CCCS(=O)(=O)N1CCn2cccc2C1c1ccc(C)cc1. The van der Waals surface area contributed by atoms with Gasteiger partial charge >= 0.3 is 0 Å². The first-order valence-corrected chi connectivity index (χ1v) is 9.35. The molecule has 1 atom stereocenters. The number of hydrogen-bond donors (Lipinski definition) is 0. The molecule has 1 unspecified atom stereocenters. The molecule has 1 aromatic heterocycles. The van der Waals surface area contributed by atoms with E-state index in [9.17, 15) is 8.42 Å². The normalized spacial score (nSPS) is 19.1. The molecule has 0 radical (unpaired) electrons. The second kappa shape index (κ2) is 5.89. The topological polar surface area (TPSA) is 42.3 Å². The summed E-state index contributed by atoms with van der Waals surface area (Å²) in [6.07, 6.45) is 2.67. The van der Waals surface area contributed by atoms with Crippen molar-refractivity contribution in [3.05, 3.63) is 59.4 Å². The smallest absolute Gasteiger partial charge is 0.215 e. The van der Waals surface area contributed by atoms with Gasteiger partial charge in [-0.2, -0.15) is 4.31 Å². The fraction of sp³-hybridized carbons (Fsp3) is 0.412. The molecule has 0 saturated heterocycles. The molecule has 118 valence electrons. The van der Waals surface area contributed by atoms with Crippen molar-refractivity contribution in [3.8, 4) is 0 Å². The Morgan fingerprint density at radius 3 is 2.55 bits per heavy atom. The lowest BCUT2D eigenvalue weighted by atomic mass is 10.0. The third-order valence-electron chi connectivity index (χ3n) is 4.21. The van der Waals surface area contributed by atoms with Gasteiger partial charge in [0.05, 0.1) is 11.8 Å². The van der Waals surface area contributed by atoms with Crippen LogP contribution in [-0.2, 0) is 16.6 Å². The lowest BCUT2D eigenvalue weighted by molar-refractivity contribution is 0.298. The van der Waals surface area contributed by atoms with Gasteiger partial charge in [0.2, 0.25) is 10.0 Å². The maximum absolute atomic E-state index is 12.7. The molecule has 1 aromatic carbocycles. The van der Waals surface area contributed by atoms with Gasteiger partial charge in [-0.25, -0.2) is 8.42 Å². The zero-order chi connectivity index (χ0) is 15.7. The van der Waals surface area contributed by atoms with Crippen molar-refractivity contribution in [2.75, 3.05) is 12.3 Å². The summed E-state index contributed by atoms with van der Waals surface area (Å²) in [7, 11) is -3.24. The molecule has 5 heteroatoms. The quantitative estimate of drug-likeness (QED) is 0.870. The third-order valence-corrected chi connectivity index (χ3v) is 6.24. The number of nitrogens with zero attached hydrogens (tertiary/aromatic N) is 2. The van der Waals surface area contributed by atoms with E-state index in [4.69, 9.17) is 0 Å². The molecule has 0 bridgehead atoms. The van der Waals surface area contributed by atoms with Crippen LogP contribution >= 0.6 is 0 Å². The van der Waals surface area contributed by atoms with Gasteiger partial charge in [0.1, 0.15) is 0 Å². The van der Waals surface area contributed by atoms with Crippen LogP contribution in [-0.4, -0.2) is 29.6 Å². The summed E-state index contributed by atoms with van der Waals surface area (Å²) >= 11 is 0. The van der Waals surface area contributed by atoms with Crippen LogP contribution in [0.15, 0.2) is 42.6 Å². The lowest BCUT2D eigenvalue weighted by Crippen LogP contribution is -2.43. The maximum atomic E-state index is 12.7. The van der Waals surface area contributed by atoms with E-state index in [0.29, 0.717) is 19.5 Å². The largest absolute Gasteiger partial charge is 0.348 e. The zero-order valence-electron chi connectivity index (χ0n) is 13.1. The molecule has 0 N–H and O–H groups in total. The lowest BCUT2D eigenvalue weighted by Gasteiger charge is -2.36. The number of benzene rings is 1. The van der Waals surface area contributed by atoms with E-state index in [-0.39, 0.29) is 11.8 Å². The second-order valence-electron chi connectivity index (χ2n) is 5.87. The molecule has 2 aromatic rings. The Morgan fingerprint density at radius 1 is 1.14 bits per heavy atom. The predicted molar refractivity (Wildman–Crippen MR) is 88.2 cm³/mol. The molecule has 1 aliphatic rings. The van der Waals surface area contributed by atoms with Gasteiger partial charge in [0.15, 0.2) is 0 Å². The van der Waals surface area contributed by atoms with Crippen LogP contribution < -0.4 is 0 Å². The summed E-state index contributed by atoms with van der Waals surface area (Å²) in [4.78, 5) is 0. The van der Waals surface area contributed by atoms with Gasteiger partial charge in [-0.15, -0.1) is 0 Å². The van der Waals surface area contributed by atoms with Crippen molar-refractivity contribution >= 4 is 10.0 Å². The predicted octanol–water partition coefficient (Wildman–Crippen LogP) is 2.94. The average molecular weight is 318 g/mol. The van der Waals surface area contributed by atoms with Crippen LogP contribution in [0.3, 0.4) is 0 Å². The second-order valence-corrected chi connectivity index (χ2v) is 7.91. The molecular weight excluding hydrogens is 296 g/mol. The summed E-state index contributed by atoms with van der Waals surface area (Å²) in [5.41, 5.74) is 3.26. The molecule has 2 heterocycles. The van der Waals surface area contributed by atoms with Crippen molar-refractivity contribution in [2.24, 2.45) is 0 Å². The van der Waals surface area contributed by atoms with E-state index >= 15 is 0 Å². The van der Waals surface area contributed by atoms with Crippen LogP contribution in [0.1, 0.15) is 36.2 Å². The van der Waals surface area contributed by atoms with Gasteiger partial charge < -0.3 is 4.57 Å². The van der Waals surface area contributed by atoms with Gasteiger partial charge in [0.25, 0.3) is 0 Å². The number of sulfonamides is 1. The monoisotopic (exact) mass is 318 g/mol. The van der Waals surface area contributed by atoms with Gasteiger partial charge in [0, 0.05) is 25.0 Å². The molecule has 4 nitrogen and oxygen atoms in total. The number of rotatable bonds is 4. The minimum Gasteiger partial charge on any atom is -0.348 e.